The summed E-state index contributed by atoms with van der Waals surface area (Å²) in [5, 5.41) is 9.13. The molecule has 2 atom stereocenters. The van der Waals surface area contributed by atoms with Crippen molar-refractivity contribution in [3.63, 3.8) is 0 Å². The molecule has 5 heteroatoms. The van der Waals surface area contributed by atoms with Crippen molar-refractivity contribution in [2.24, 2.45) is 5.92 Å². The number of methoxy groups -OCH3 is 1. The lowest BCUT2D eigenvalue weighted by molar-refractivity contribution is 0.0559. The highest BCUT2D eigenvalue weighted by atomic mass is 16.5. The number of carbonyl (C=O) groups is 1. The lowest BCUT2D eigenvalue weighted by Gasteiger charge is -2.22. The SMILES string of the molecule is COC(=O)c1ccc([C@H](C)N2CC[C@H](CO)C2)o1. The van der Waals surface area contributed by atoms with Crippen molar-refractivity contribution < 1.29 is 19.1 Å². The van der Waals surface area contributed by atoms with Gasteiger partial charge in [0.05, 0.1) is 13.2 Å². The Morgan fingerprint density at radius 2 is 2.44 bits per heavy atom. The van der Waals surface area contributed by atoms with Crippen LogP contribution in [0.3, 0.4) is 0 Å². The number of rotatable bonds is 4. The molecule has 5 nitrogen and oxygen atoms in total. The fourth-order valence-electron chi connectivity index (χ4n) is 2.33. The monoisotopic (exact) mass is 253 g/mol. The number of hydrogen-bond donors (Lipinski definition) is 1. The normalized spacial score (nSPS) is 22.1. The summed E-state index contributed by atoms with van der Waals surface area (Å²) < 4.78 is 10.1. The summed E-state index contributed by atoms with van der Waals surface area (Å²) in [4.78, 5) is 13.6. The van der Waals surface area contributed by atoms with Crippen LogP contribution in [0.4, 0.5) is 0 Å². The summed E-state index contributed by atoms with van der Waals surface area (Å²) in [5.41, 5.74) is 0. The lowest BCUT2D eigenvalue weighted by Crippen LogP contribution is -2.24. The Kier molecular flexibility index (Phi) is 4.04. The van der Waals surface area contributed by atoms with Gasteiger partial charge in [0.1, 0.15) is 5.76 Å². The van der Waals surface area contributed by atoms with Crippen molar-refractivity contribution in [2.75, 3.05) is 26.8 Å². The van der Waals surface area contributed by atoms with Crippen molar-refractivity contribution in [2.45, 2.75) is 19.4 Å². The Hall–Kier alpha value is -1.33. The molecule has 0 bridgehead atoms. The maximum absolute atomic E-state index is 11.3. The van der Waals surface area contributed by atoms with E-state index in [1.54, 1.807) is 6.07 Å². The Bertz CT molecular complexity index is 415. The molecule has 1 aromatic heterocycles. The number of aliphatic hydroxyl groups excluding tert-OH is 1. The largest absolute Gasteiger partial charge is 0.463 e. The van der Waals surface area contributed by atoms with Gasteiger partial charge in [0.2, 0.25) is 5.76 Å². The van der Waals surface area contributed by atoms with Crippen molar-refractivity contribution in [3.05, 3.63) is 23.7 Å². The lowest BCUT2D eigenvalue weighted by atomic mass is 10.1. The molecule has 0 aliphatic carbocycles. The van der Waals surface area contributed by atoms with Crippen molar-refractivity contribution >= 4 is 5.97 Å². The molecule has 1 aliphatic heterocycles. The van der Waals surface area contributed by atoms with E-state index in [9.17, 15) is 4.79 Å². The van der Waals surface area contributed by atoms with Crippen LogP contribution < -0.4 is 0 Å². The van der Waals surface area contributed by atoms with Crippen LogP contribution in [0.1, 0.15) is 35.7 Å². The van der Waals surface area contributed by atoms with Gasteiger partial charge in [-0.15, -0.1) is 0 Å². The van der Waals surface area contributed by atoms with E-state index >= 15 is 0 Å². The highest BCUT2D eigenvalue weighted by Crippen LogP contribution is 2.28. The molecule has 2 heterocycles. The Balaban J connectivity index is 2.03. The Morgan fingerprint density at radius 3 is 3.06 bits per heavy atom. The van der Waals surface area contributed by atoms with Crippen LogP contribution in [0.15, 0.2) is 16.5 Å². The number of likely N-dealkylation sites (tertiary alicyclic amines) is 1. The summed E-state index contributed by atoms with van der Waals surface area (Å²) in [7, 11) is 1.33. The fourth-order valence-corrected chi connectivity index (χ4v) is 2.33. The van der Waals surface area contributed by atoms with Gasteiger partial charge in [0.15, 0.2) is 0 Å². The number of furan rings is 1. The number of aliphatic hydroxyl groups is 1. The average molecular weight is 253 g/mol. The first kappa shape index (κ1) is 13.1. The fraction of sp³-hybridized carbons (Fsp3) is 0.615. The predicted molar refractivity (Wildman–Crippen MR) is 65.2 cm³/mol. The third-order valence-electron chi connectivity index (χ3n) is 3.55. The summed E-state index contributed by atoms with van der Waals surface area (Å²) in [6, 6.07) is 3.56. The minimum Gasteiger partial charge on any atom is -0.463 e. The molecule has 1 aromatic rings. The molecule has 18 heavy (non-hydrogen) atoms. The van der Waals surface area contributed by atoms with Crippen LogP contribution in [0.2, 0.25) is 0 Å². The molecule has 0 amide bonds. The molecule has 0 unspecified atom stereocenters. The standard InChI is InChI=1S/C13H19NO4/c1-9(14-6-5-10(7-14)8-15)11-3-4-12(18-11)13(16)17-2/h3-4,9-10,15H,5-8H2,1-2H3/t9-,10-/m0/s1. The maximum atomic E-state index is 11.3. The van der Waals surface area contributed by atoms with E-state index in [-0.39, 0.29) is 18.4 Å². The predicted octanol–water partition coefficient (Wildman–Crippen LogP) is 1.44. The quantitative estimate of drug-likeness (QED) is 0.823. The average Bonchev–Trinajstić information content (AvgIpc) is 3.05. The van der Waals surface area contributed by atoms with Crippen LogP contribution in [0.25, 0.3) is 0 Å². The zero-order valence-corrected chi connectivity index (χ0v) is 10.8. The van der Waals surface area contributed by atoms with Crippen LogP contribution in [0.5, 0.6) is 0 Å². The second-order valence-electron chi connectivity index (χ2n) is 4.70. The topological polar surface area (TPSA) is 62.9 Å². The van der Waals surface area contributed by atoms with Crippen molar-refractivity contribution in [1.29, 1.82) is 0 Å². The van der Waals surface area contributed by atoms with E-state index in [1.165, 1.54) is 7.11 Å². The van der Waals surface area contributed by atoms with E-state index < -0.39 is 5.97 Å². The summed E-state index contributed by atoms with van der Waals surface area (Å²) in [5.74, 6) is 0.886. The van der Waals surface area contributed by atoms with Crippen LogP contribution in [-0.4, -0.2) is 42.8 Å². The van der Waals surface area contributed by atoms with Gasteiger partial charge in [0, 0.05) is 13.2 Å². The third kappa shape index (κ3) is 2.57. The number of ether oxygens (including phenoxy) is 1. The van der Waals surface area contributed by atoms with Gasteiger partial charge in [-0.25, -0.2) is 4.79 Å². The van der Waals surface area contributed by atoms with E-state index in [0.717, 1.165) is 25.3 Å². The highest BCUT2D eigenvalue weighted by molar-refractivity contribution is 5.86. The molecule has 1 aliphatic rings. The second kappa shape index (κ2) is 5.54. The highest BCUT2D eigenvalue weighted by Gasteiger charge is 2.28. The maximum Gasteiger partial charge on any atom is 0.373 e. The summed E-state index contributed by atoms with van der Waals surface area (Å²) >= 11 is 0. The molecular weight excluding hydrogens is 234 g/mol. The molecule has 0 radical (unpaired) electrons. The van der Waals surface area contributed by atoms with E-state index in [4.69, 9.17) is 9.52 Å². The van der Waals surface area contributed by atoms with Crippen LogP contribution in [0, 0.1) is 5.92 Å². The first-order valence-electron chi connectivity index (χ1n) is 6.18. The number of hydrogen-bond acceptors (Lipinski definition) is 5. The molecule has 0 saturated carbocycles. The first-order valence-corrected chi connectivity index (χ1v) is 6.18. The van der Waals surface area contributed by atoms with Crippen LogP contribution in [-0.2, 0) is 4.74 Å². The molecule has 100 valence electrons. The molecule has 1 fully saturated rings. The van der Waals surface area contributed by atoms with Crippen molar-refractivity contribution in [3.8, 4) is 0 Å². The van der Waals surface area contributed by atoms with Gasteiger partial charge in [-0.05, 0) is 37.9 Å². The van der Waals surface area contributed by atoms with Crippen LogP contribution >= 0.6 is 0 Å². The third-order valence-corrected chi connectivity index (χ3v) is 3.55. The molecule has 0 aromatic carbocycles. The number of esters is 1. The zero-order chi connectivity index (χ0) is 13.1. The number of carbonyl (C=O) groups excluding carboxylic acids is 1. The van der Waals surface area contributed by atoms with Gasteiger partial charge in [0.25, 0.3) is 0 Å². The second-order valence-corrected chi connectivity index (χ2v) is 4.70. The van der Waals surface area contributed by atoms with E-state index in [1.807, 2.05) is 13.0 Å². The van der Waals surface area contributed by atoms with Gasteiger partial charge in [-0.1, -0.05) is 0 Å². The summed E-state index contributed by atoms with van der Waals surface area (Å²) in [6.45, 7) is 4.08. The summed E-state index contributed by atoms with van der Waals surface area (Å²) in [6.07, 6.45) is 1.01. The first-order chi connectivity index (χ1) is 8.65. The Morgan fingerprint density at radius 1 is 1.67 bits per heavy atom. The van der Waals surface area contributed by atoms with Gasteiger partial charge in [-0.3, -0.25) is 4.90 Å². The molecular formula is C13H19NO4. The molecule has 1 N–H and O–H groups in total. The van der Waals surface area contributed by atoms with Gasteiger partial charge in [-0.2, -0.15) is 0 Å². The van der Waals surface area contributed by atoms with E-state index in [0.29, 0.717) is 5.92 Å². The zero-order valence-electron chi connectivity index (χ0n) is 10.8. The minimum atomic E-state index is -0.455. The molecule has 1 saturated heterocycles. The van der Waals surface area contributed by atoms with Gasteiger partial charge < -0.3 is 14.3 Å². The van der Waals surface area contributed by atoms with E-state index in [2.05, 4.69) is 9.64 Å². The van der Waals surface area contributed by atoms with Crippen molar-refractivity contribution in [1.82, 2.24) is 4.90 Å². The van der Waals surface area contributed by atoms with Gasteiger partial charge >= 0.3 is 5.97 Å². The Labute approximate surface area is 106 Å². The number of nitrogens with zero attached hydrogens (tertiary/aromatic N) is 1. The molecule has 0 spiro atoms. The smallest absolute Gasteiger partial charge is 0.373 e. The molecule has 2 rings (SSSR count). The minimum absolute atomic E-state index is 0.111.